The van der Waals surface area contributed by atoms with Gasteiger partial charge >= 0.3 is 0 Å². The summed E-state index contributed by atoms with van der Waals surface area (Å²) >= 11 is 3.52. The minimum absolute atomic E-state index is 0.579. The quantitative estimate of drug-likeness (QED) is 0.751. The summed E-state index contributed by atoms with van der Waals surface area (Å²) in [4.78, 5) is 0. The number of ether oxygens (including phenoxy) is 1. The molecule has 12 heavy (non-hydrogen) atoms. The fraction of sp³-hybridized carbons (Fsp3) is 1.00. The van der Waals surface area contributed by atoms with Crippen LogP contribution in [0, 0.1) is 5.92 Å². The zero-order chi connectivity index (χ0) is 8.97. The van der Waals surface area contributed by atoms with Crippen LogP contribution < -0.4 is 5.32 Å². The molecule has 0 amide bonds. The maximum atomic E-state index is 5.30. The maximum Gasteiger partial charge on any atom is 0.0620 e. The maximum absolute atomic E-state index is 5.30. The summed E-state index contributed by atoms with van der Waals surface area (Å²) in [5.74, 6) is 0.685. The molecule has 1 rings (SSSR count). The van der Waals surface area contributed by atoms with Gasteiger partial charge in [0.25, 0.3) is 0 Å². The molecule has 0 spiro atoms. The molecule has 0 aromatic rings. The number of hydrogen-bond donors (Lipinski definition) is 1. The predicted molar refractivity (Wildman–Crippen MR) is 54.8 cm³/mol. The Morgan fingerprint density at radius 1 is 1.58 bits per heavy atom. The van der Waals surface area contributed by atoms with Gasteiger partial charge in [0.05, 0.1) is 6.61 Å². The van der Waals surface area contributed by atoms with E-state index in [-0.39, 0.29) is 0 Å². The Balaban J connectivity index is 2.26. The van der Waals surface area contributed by atoms with Gasteiger partial charge in [0.15, 0.2) is 0 Å². The minimum Gasteiger partial charge on any atom is -0.380 e. The largest absolute Gasteiger partial charge is 0.380 e. The average molecular weight is 236 g/mol. The first-order valence-corrected chi connectivity index (χ1v) is 5.76. The summed E-state index contributed by atoms with van der Waals surface area (Å²) in [5.41, 5.74) is 0. The predicted octanol–water partition coefficient (Wildman–Crippen LogP) is 1.78. The topological polar surface area (TPSA) is 21.3 Å². The highest BCUT2D eigenvalue weighted by Gasteiger charge is 2.20. The molecule has 1 N–H and O–H groups in total. The second kappa shape index (κ2) is 5.20. The number of halogens is 1. The van der Waals surface area contributed by atoms with Gasteiger partial charge < -0.3 is 10.1 Å². The smallest absolute Gasteiger partial charge is 0.0620 e. The van der Waals surface area contributed by atoms with Gasteiger partial charge in [-0.1, -0.05) is 29.8 Å². The highest BCUT2D eigenvalue weighted by molar-refractivity contribution is 9.09. The Labute approximate surface area is 83.2 Å². The lowest BCUT2D eigenvalue weighted by atomic mass is 10.1. The molecule has 0 aliphatic carbocycles. The molecule has 3 heteroatoms. The first kappa shape index (κ1) is 10.5. The van der Waals surface area contributed by atoms with Crippen LogP contribution in [-0.2, 0) is 4.74 Å². The zero-order valence-electron chi connectivity index (χ0n) is 7.85. The summed E-state index contributed by atoms with van der Waals surface area (Å²) in [6.07, 6.45) is 1.16. The molecule has 0 radical (unpaired) electrons. The Morgan fingerprint density at radius 3 is 2.75 bits per heavy atom. The minimum atomic E-state index is 0.579. The highest BCUT2D eigenvalue weighted by Crippen LogP contribution is 2.10. The van der Waals surface area contributed by atoms with Crippen molar-refractivity contribution in [2.24, 2.45) is 5.92 Å². The van der Waals surface area contributed by atoms with Gasteiger partial charge in [-0.25, -0.2) is 0 Å². The van der Waals surface area contributed by atoms with Crippen molar-refractivity contribution in [1.29, 1.82) is 0 Å². The summed E-state index contributed by atoms with van der Waals surface area (Å²) in [6, 6.07) is 1.16. The number of alkyl halides is 1. The third-order valence-corrected chi connectivity index (χ3v) is 3.05. The van der Waals surface area contributed by atoms with Gasteiger partial charge in [0.2, 0.25) is 0 Å². The van der Waals surface area contributed by atoms with Crippen molar-refractivity contribution in [2.45, 2.75) is 32.4 Å². The van der Waals surface area contributed by atoms with Crippen molar-refractivity contribution in [3.05, 3.63) is 0 Å². The van der Waals surface area contributed by atoms with E-state index in [9.17, 15) is 0 Å². The molecule has 1 aliphatic rings. The molecule has 1 fully saturated rings. The standard InChI is InChI=1S/C9H18BrNO/c1-7(2)9(5-10)11-8-3-4-12-6-8/h7-9,11H,3-6H2,1-2H3. The van der Waals surface area contributed by atoms with E-state index >= 15 is 0 Å². The Bertz CT molecular complexity index is 124. The van der Waals surface area contributed by atoms with E-state index < -0.39 is 0 Å². The highest BCUT2D eigenvalue weighted by atomic mass is 79.9. The third-order valence-electron chi connectivity index (χ3n) is 2.35. The van der Waals surface area contributed by atoms with E-state index in [1.807, 2.05) is 0 Å². The summed E-state index contributed by atoms with van der Waals surface area (Å²) in [7, 11) is 0. The lowest BCUT2D eigenvalue weighted by Gasteiger charge is -2.23. The lowest BCUT2D eigenvalue weighted by molar-refractivity contribution is 0.187. The van der Waals surface area contributed by atoms with E-state index in [0.717, 1.165) is 25.0 Å². The molecule has 2 unspecified atom stereocenters. The van der Waals surface area contributed by atoms with E-state index in [2.05, 4.69) is 35.1 Å². The monoisotopic (exact) mass is 235 g/mol. The van der Waals surface area contributed by atoms with Crippen molar-refractivity contribution in [3.8, 4) is 0 Å². The van der Waals surface area contributed by atoms with Crippen LogP contribution in [0.3, 0.4) is 0 Å². The van der Waals surface area contributed by atoms with Crippen LogP contribution in [0.4, 0.5) is 0 Å². The fourth-order valence-corrected chi connectivity index (χ4v) is 2.32. The van der Waals surface area contributed by atoms with Gasteiger partial charge in [0, 0.05) is 24.0 Å². The van der Waals surface area contributed by atoms with Crippen LogP contribution in [0.5, 0.6) is 0 Å². The molecule has 2 atom stereocenters. The Hall–Kier alpha value is 0.400. The Kier molecular flexibility index (Phi) is 4.54. The molecule has 0 bridgehead atoms. The third kappa shape index (κ3) is 3.04. The van der Waals surface area contributed by atoms with Gasteiger partial charge in [-0.3, -0.25) is 0 Å². The number of nitrogens with one attached hydrogen (secondary N) is 1. The van der Waals surface area contributed by atoms with Crippen molar-refractivity contribution >= 4 is 15.9 Å². The van der Waals surface area contributed by atoms with Crippen LogP contribution in [0.1, 0.15) is 20.3 Å². The summed E-state index contributed by atoms with van der Waals surface area (Å²) in [6.45, 7) is 6.30. The lowest BCUT2D eigenvalue weighted by Crippen LogP contribution is -2.42. The van der Waals surface area contributed by atoms with Crippen LogP contribution in [0.15, 0.2) is 0 Å². The molecule has 0 aromatic carbocycles. The first-order chi connectivity index (χ1) is 5.74. The van der Waals surface area contributed by atoms with Crippen LogP contribution in [0.25, 0.3) is 0 Å². The van der Waals surface area contributed by atoms with E-state index in [1.54, 1.807) is 0 Å². The van der Waals surface area contributed by atoms with Crippen molar-refractivity contribution in [3.63, 3.8) is 0 Å². The van der Waals surface area contributed by atoms with Gasteiger partial charge in [-0.15, -0.1) is 0 Å². The molecular weight excluding hydrogens is 218 g/mol. The Morgan fingerprint density at radius 2 is 2.33 bits per heavy atom. The van der Waals surface area contributed by atoms with Crippen molar-refractivity contribution < 1.29 is 4.74 Å². The first-order valence-electron chi connectivity index (χ1n) is 4.63. The SMILES string of the molecule is CC(C)C(CBr)NC1CCOC1. The number of hydrogen-bond acceptors (Lipinski definition) is 2. The van der Waals surface area contributed by atoms with Crippen LogP contribution in [-0.4, -0.2) is 30.6 Å². The molecule has 0 saturated carbocycles. The molecule has 2 nitrogen and oxygen atoms in total. The van der Waals surface area contributed by atoms with E-state index in [0.29, 0.717) is 18.0 Å². The fourth-order valence-electron chi connectivity index (χ4n) is 1.38. The van der Waals surface area contributed by atoms with Gasteiger partial charge in [0.1, 0.15) is 0 Å². The van der Waals surface area contributed by atoms with Gasteiger partial charge in [-0.2, -0.15) is 0 Å². The van der Waals surface area contributed by atoms with Crippen molar-refractivity contribution in [1.82, 2.24) is 5.32 Å². The second-order valence-corrected chi connectivity index (χ2v) is 4.38. The van der Waals surface area contributed by atoms with Gasteiger partial charge in [-0.05, 0) is 12.3 Å². The van der Waals surface area contributed by atoms with Crippen LogP contribution in [0.2, 0.25) is 0 Å². The van der Waals surface area contributed by atoms with E-state index in [1.165, 1.54) is 0 Å². The number of rotatable bonds is 4. The zero-order valence-corrected chi connectivity index (χ0v) is 9.43. The summed E-state index contributed by atoms with van der Waals surface area (Å²) in [5, 5.41) is 4.62. The molecule has 1 heterocycles. The van der Waals surface area contributed by atoms with Crippen LogP contribution >= 0.6 is 15.9 Å². The molecule has 72 valence electrons. The van der Waals surface area contributed by atoms with Crippen molar-refractivity contribution in [2.75, 3.05) is 18.5 Å². The molecule has 0 aromatic heterocycles. The average Bonchev–Trinajstić information content (AvgIpc) is 2.51. The molecule has 1 aliphatic heterocycles. The summed E-state index contributed by atoms with van der Waals surface area (Å²) < 4.78 is 5.30. The normalized spacial score (nSPS) is 26.5. The molecular formula is C9H18BrNO. The molecule has 1 saturated heterocycles. The second-order valence-electron chi connectivity index (χ2n) is 3.73. The van der Waals surface area contributed by atoms with E-state index in [4.69, 9.17) is 4.74 Å².